The Labute approximate surface area is 86.6 Å². The predicted molar refractivity (Wildman–Crippen MR) is 58.1 cm³/mol. The van der Waals surface area contributed by atoms with Crippen molar-refractivity contribution in [3.8, 4) is 0 Å². The molecule has 0 bridgehead atoms. The zero-order chi connectivity index (χ0) is 10.4. The second-order valence-electron chi connectivity index (χ2n) is 4.33. The summed E-state index contributed by atoms with van der Waals surface area (Å²) in [5.74, 6) is 0.722. The zero-order valence-corrected chi connectivity index (χ0v) is 9.31. The standard InChI is InChI=1S/C11H22N2O/c1-3-9(2)7-11(14)13-10-5-4-6-12-8-10/h9-10,12H,3-8H2,1-2H3,(H,13,14)/t9?,10-/m1/s1. The molecule has 0 aromatic rings. The van der Waals surface area contributed by atoms with E-state index in [1.807, 2.05) is 0 Å². The number of piperidine rings is 1. The largest absolute Gasteiger partial charge is 0.352 e. The molecule has 2 atom stereocenters. The molecule has 0 aliphatic carbocycles. The molecule has 1 aliphatic heterocycles. The van der Waals surface area contributed by atoms with Crippen LogP contribution in [0.3, 0.4) is 0 Å². The summed E-state index contributed by atoms with van der Waals surface area (Å²) in [6.07, 6.45) is 4.05. The zero-order valence-electron chi connectivity index (χ0n) is 9.31. The normalized spacial score (nSPS) is 24.3. The number of carbonyl (C=O) groups excluding carboxylic acids is 1. The fraction of sp³-hybridized carbons (Fsp3) is 0.909. The molecule has 0 aromatic heterocycles. The van der Waals surface area contributed by atoms with Crippen LogP contribution in [0.25, 0.3) is 0 Å². The Bertz CT molecular complexity index is 176. The predicted octanol–water partition coefficient (Wildman–Crippen LogP) is 1.29. The van der Waals surface area contributed by atoms with Gasteiger partial charge in [-0.05, 0) is 25.3 Å². The summed E-state index contributed by atoms with van der Waals surface area (Å²) >= 11 is 0. The highest BCUT2D eigenvalue weighted by Gasteiger charge is 2.15. The van der Waals surface area contributed by atoms with Crippen LogP contribution in [0, 0.1) is 5.92 Å². The van der Waals surface area contributed by atoms with E-state index in [1.165, 1.54) is 6.42 Å². The monoisotopic (exact) mass is 198 g/mol. The molecule has 0 radical (unpaired) electrons. The topological polar surface area (TPSA) is 41.1 Å². The first-order valence-electron chi connectivity index (χ1n) is 5.72. The number of nitrogens with one attached hydrogen (secondary N) is 2. The van der Waals surface area contributed by atoms with Gasteiger partial charge in [-0.25, -0.2) is 0 Å². The Hall–Kier alpha value is -0.570. The van der Waals surface area contributed by atoms with E-state index in [9.17, 15) is 4.79 Å². The highest BCUT2D eigenvalue weighted by molar-refractivity contribution is 5.76. The van der Waals surface area contributed by atoms with Crippen LogP contribution < -0.4 is 10.6 Å². The summed E-state index contributed by atoms with van der Waals surface area (Å²) in [6, 6.07) is 0.361. The Balaban J connectivity index is 2.18. The summed E-state index contributed by atoms with van der Waals surface area (Å²) in [4.78, 5) is 11.5. The average molecular weight is 198 g/mol. The molecule has 82 valence electrons. The van der Waals surface area contributed by atoms with E-state index in [4.69, 9.17) is 0 Å². The molecule has 3 heteroatoms. The maximum absolute atomic E-state index is 11.5. The lowest BCUT2D eigenvalue weighted by Gasteiger charge is -2.24. The molecule has 1 fully saturated rings. The first-order valence-corrected chi connectivity index (χ1v) is 5.72. The summed E-state index contributed by atoms with van der Waals surface area (Å²) in [6.45, 7) is 6.28. The second kappa shape index (κ2) is 6.02. The molecule has 1 saturated heterocycles. The molecule has 1 unspecified atom stereocenters. The highest BCUT2D eigenvalue weighted by Crippen LogP contribution is 2.07. The van der Waals surface area contributed by atoms with Crippen molar-refractivity contribution in [2.45, 2.75) is 45.6 Å². The van der Waals surface area contributed by atoms with E-state index >= 15 is 0 Å². The maximum Gasteiger partial charge on any atom is 0.220 e. The average Bonchev–Trinajstić information content (AvgIpc) is 2.19. The molecule has 0 spiro atoms. The van der Waals surface area contributed by atoms with Crippen LogP contribution >= 0.6 is 0 Å². The smallest absolute Gasteiger partial charge is 0.220 e. The Morgan fingerprint density at radius 1 is 1.64 bits per heavy atom. The van der Waals surface area contributed by atoms with Crippen molar-refractivity contribution in [2.24, 2.45) is 5.92 Å². The van der Waals surface area contributed by atoms with E-state index in [1.54, 1.807) is 0 Å². The summed E-state index contributed by atoms with van der Waals surface area (Å²) in [5.41, 5.74) is 0. The lowest BCUT2D eigenvalue weighted by Crippen LogP contribution is -2.45. The van der Waals surface area contributed by atoms with Gasteiger partial charge in [0.15, 0.2) is 0 Å². The first-order chi connectivity index (χ1) is 6.72. The molecule has 1 aliphatic rings. The summed E-state index contributed by atoms with van der Waals surface area (Å²) < 4.78 is 0. The van der Waals surface area contributed by atoms with Crippen molar-refractivity contribution in [2.75, 3.05) is 13.1 Å². The quantitative estimate of drug-likeness (QED) is 0.714. The van der Waals surface area contributed by atoms with Gasteiger partial charge in [-0.3, -0.25) is 4.79 Å². The molecule has 2 N–H and O–H groups in total. The maximum atomic E-state index is 11.5. The van der Waals surface area contributed by atoms with Crippen molar-refractivity contribution in [1.29, 1.82) is 0 Å². The lowest BCUT2D eigenvalue weighted by molar-refractivity contribution is -0.122. The molecular weight excluding hydrogens is 176 g/mol. The number of hydrogen-bond donors (Lipinski definition) is 2. The van der Waals surface area contributed by atoms with Gasteiger partial charge in [-0.2, -0.15) is 0 Å². The molecule has 0 saturated carbocycles. The van der Waals surface area contributed by atoms with Crippen molar-refractivity contribution >= 4 is 5.91 Å². The summed E-state index contributed by atoms with van der Waals surface area (Å²) in [7, 11) is 0. The van der Waals surface area contributed by atoms with Gasteiger partial charge in [0.2, 0.25) is 5.91 Å². The third-order valence-electron chi connectivity index (χ3n) is 2.89. The first kappa shape index (κ1) is 11.5. The van der Waals surface area contributed by atoms with E-state index in [0.717, 1.165) is 25.9 Å². The minimum absolute atomic E-state index is 0.216. The summed E-state index contributed by atoms with van der Waals surface area (Å²) in [5, 5.41) is 6.38. The van der Waals surface area contributed by atoms with Crippen LogP contribution in [-0.2, 0) is 4.79 Å². The van der Waals surface area contributed by atoms with Crippen LogP contribution in [0.2, 0.25) is 0 Å². The van der Waals surface area contributed by atoms with Crippen LogP contribution in [0.15, 0.2) is 0 Å². The molecular formula is C11H22N2O. The fourth-order valence-corrected chi connectivity index (χ4v) is 1.72. The lowest BCUT2D eigenvalue weighted by atomic mass is 10.0. The molecule has 14 heavy (non-hydrogen) atoms. The van der Waals surface area contributed by atoms with Gasteiger partial charge in [0.1, 0.15) is 0 Å². The SMILES string of the molecule is CCC(C)CC(=O)N[C@@H]1CCCNC1. The number of rotatable bonds is 4. The minimum Gasteiger partial charge on any atom is -0.352 e. The van der Waals surface area contributed by atoms with Crippen molar-refractivity contribution in [1.82, 2.24) is 10.6 Å². The number of amides is 1. The van der Waals surface area contributed by atoms with Gasteiger partial charge in [0, 0.05) is 19.0 Å². The van der Waals surface area contributed by atoms with Gasteiger partial charge in [-0.1, -0.05) is 20.3 Å². The van der Waals surface area contributed by atoms with Gasteiger partial charge < -0.3 is 10.6 Å². The van der Waals surface area contributed by atoms with E-state index in [-0.39, 0.29) is 5.91 Å². The van der Waals surface area contributed by atoms with E-state index < -0.39 is 0 Å². The Morgan fingerprint density at radius 2 is 2.43 bits per heavy atom. The van der Waals surface area contributed by atoms with Crippen LogP contribution in [0.1, 0.15) is 39.5 Å². The van der Waals surface area contributed by atoms with E-state index in [2.05, 4.69) is 24.5 Å². The Kier molecular flexibility index (Phi) is 4.94. The second-order valence-corrected chi connectivity index (χ2v) is 4.33. The van der Waals surface area contributed by atoms with Crippen molar-refractivity contribution < 1.29 is 4.79 Å². The van der Waals surface area contributed by atoms with Crippen molar-refractivity contribution in [3.63, 3.8) is 0 Å². The highest BCUT2D eigenvalue weighted by atomic mass is 16.1. The number of hydrogen-bond acceptors (Lipinski definition) is 2. The van der Waals surface area contributed by atoms with E-state index in [0.29, 0.717) is 18.4 Å². The molecule has 1 heterocycles. The van der Waals surface area contributed by atoms with Crippen LogP contribution in [0.4, 0.5) is 0 Å². The van der Waals surface area contributed by atoms with Gasteiger partial charge in [0.25, 0.3) is 0 Å². The molecule has 1 rings (SSSR count). The van der Waals surface area contributed by atoms with Gasteiger partial charge in [0.05, 0.1) is 0 Å². The van der Waals surface area contributed by atoms with Crippen LogP contribution in [0.5, 0.6) is 0 Å². The van der Waals surface area contributed by atoms with Crippen molar-refractivity contribution in [3.05, 3.63) is 0 Å². The molecule has 1 amide bonds. The van der Waals surface area contributed by atoms with Crippen LogP contribution in [-0.4, -0.2) is 25.0 Å². The molecule has 3 nitrogen and oxygen atoms in total. The number of carbonyl (C=O) groups is 1. The van der Waals surface area contributed by atoms with Gasteiger partial charge in [-0.15, -0.1) is 0 Å². The molecule has 0 aromatic carbocycles. The minimum atomic E-state index is 0.216. The fourth-order valence-electron chi connectivity index (χ4n) is 1.72. The third kappa shape index (κ3) is 4.09. The van der Waals surface area contributed by atoms with Gasteiger partial charge >= 0.3 is 0 Å². The Morgan fingerprint density at radius 3 is 3.00 bits per heavy atom. The third-order valence-corrected chi connectivity index (χ3v) is 2.89.